The van der Waals surface area contributed by atoms with E-state index in [2.05, 4.69) is 10.3 Å². The predicted molar refractivity (Wildman–Crippen MR) is 66.0 cm³/mol. The number of carbonyl (C=O) groups is 1. The van der Waals surface area contributed by atoms with Gasteiger partial charge in [0.05, 0.1) is 0 Å². The van der Waals surface area contributed by atoms with Gasteiger partial charge in [-0.1, -0.05) is 12.2 Å². The molecular weight excluding hydrogens is 334 g/mol. The number of halogens is 6. The highest BCUT2D eigenvalue weighted by atomic mass is 32.1. The number of nitrogens with one attached hydrogen (secondary N) is 1. The minimum atomic E-state index is -5.15. The summed E-state index contributed by atoms with van der Waals surface area (Å²) in [5.74, 6) is -1.25. The number of allylic oxidation sites excluding steroid dienone is 4. The smallest absolute Gasteiger partial charge is 0.325 e. The number of alkyl halides is 6. The second-order valence-corrected chi connectivity index (χ2v) is 5.30. The molecule has 22 heavy (non-hydrogen) atoms. The standard InChI is InChI=1S/C12H8F6N2OS/c13-11(14,15)8-7(22-10(20-8)12(16,17)18)9(21)19-6-4-2-1-3-5-6/h1-2,4H,3,5H2,(H,19,21). The molecule has 1 amide bonds. The predicted octanol–water partition coefficient (Wildman–Crippen LogP) is 4.14. The maximum absolute atomic E-state index is 12.8. The second-order valence-electron chi connectivity index (χ2n) is 4.31. The van der Waals surface area contributed by atoms with E-state index in [1.165, 1.54) is 6.08 Å². The van der Waals surface area contributed by atoms with Gasteiger partial charge in [-0.25, -0.2) is 4.98 Å². The summed E-state index contributed by atoms with van der Waals surface area (Å²) >= 11 is -0.323. The lowest BCUT2D eigenvalue weighted by Gasteiger charge is -2.11. The first-order valence-corrected chi connectivity index (χ1v) is 6.73. The van der Waals surface area contributed by atoms with Gasteiger partial charge in [-0.2, -0.15) is 26.3 Å². The van der Waals surface area contributed by atoms with Crippen molar-refractivity contribution in [3.63, 3.8) is 0 Å². The van der Waals surface area contributed by atoms with Crippen LogP contribution in [-0.4, -0.2) is 10.9 Å². The molecule has 0 aliphatic heterocycles. The molecule has 0 radical (unpaired) electrons. The Bertz CT molecular complexity index is 641. The van der Waals surface area contributed by atoms with Crippen LogP contribution in [0.1, 0.15) is 33.2 Å². The van der Waals surface area contributed by atoms with Gasteiger partial charge >= 0.3 is 12.4 Å². The van der Waals surface area contributed by atoms with Crippen LogP contribution in [0.5, 0.6) is 0 Å². The molecule has 0 saturated carbocycles. The lowest BCUT2D eigenvalue weighted by atomic mass is 10.1. The molecule has 3 nitrogen and oxygen atoms in total. The molecular formula is C12H8F6N2OS. The Morgan fingerprint density at radius 2 is 1.86 bits per heavy atom. The first-order valence-electron chi connectivity index (χ1n) is 5.91. The largest absolute Gasteiger partial charge is 0.443 e. The van der Waals surface area contributed by atoms with Gasteiger partial charge in [0, 0.05) is 5.70 Å². The molecule has 120 valence electrons. The molecule has 10 heteroatoms. The average molecular weight is 342 g/mol. The molecule has 0 aromatic carbocycles. The highest BCUT2D eigenvalue weighted by Crippen LogP contribution is 2.40. The normalized spacial score (nSPS) is 15.6. The number of aromatic nitrogens is 1. The topological polar surface area (TPSA) is 42.0 Å². The fourth-order valence-electron chi connectivity index (χ4n) is 1.70. The SMILES string of the molecule is O=C(NC1=CC=CCC1)c1sc(C(F)(F)F)nc1C(F)(F)F. The summed E-state index contributed by atoms with van der Waals surface area (Å²) in [5.41, 5.74) is -1.49. The molecule has 2 rings (SSSR count). The third-order valence-electron chi connectivity index (χ3n) is 2.63. The van der Waals surface area contributed by atoms with E-state index >= 15 is 0 Å². The number of hydrogen-bond donors (Lipinski definition) is 1. The van der Waals surface area contributed by atoms with Crippen LogP contribution < -0.4 is 5.32 Å². The maximum Gasteiger partial charge on any atom is 0.443 e. The number of thiazole rings is 1. The first-order chi connectivity index (χ1) is 10.1. The highest BCUT2D eigenvalue weighted by Gasteiger charge is 2.44. The van der Waals surface area contributed by atoms with Gasteiger partial charge in [0.2, 0.25) is 0 Å². The summed E-state index contributed by atoms with van der Waals surface area (Å²) < 4.78 is 75.8. The van der Waals surface area contributed by atoms with E-state index < -0.39 is 33.8 Å². The molecule has 0 atom stereocenters. The van der Waals surface area contributed by atoms with Crippen LogP contribution in [-0.2, 0) is 12.4 Å². The molecule has 0 unspecified atom stereocenters. The van der Waals surface area contributed by atoms with Gasteiger partial charge in [0.15, 0.2) is 10.7 Å². The van der Waals surface area contributed by atoms with Gasteiger partial charge in [-0.15, -0.1) is 11.3 Å². The molecule has 0 bridgehead atoms. The monoisotopic (exact) mass is 342 g/mol. The zero-order valence-corrected chi connectivity index (χ0v) is 11.5. The Hall–Kier alpha value is -1.84. The van der Waals surface area contributed by atoms with E-state index in [-0.39, 0.29) is 11.3 Å². The number of amides is 1. The van der Waals surface area contributed by atoms with Crippen LogP contribution in [0.3, 0.4) is 0 Å². The summed E-state index contributed by atoms with van der Waals surface area (Å²) in [6.45, 7) is 0. The molecule has 1 N–H and O–H groups in total. The van der Waals surface area contributed by atoms with E-state index in [9.17, 15) is 31.1 Å². The summed E-state index contributed by atoms with van der Waals surface area (Å²) in [6.07, 6.45) is -4.38. The fourth-order valence-corrected chi connectivity index (χ4v) is 2.54. The summed E-state index contributed by atoms with van der Waals surface area (Å²) in [7, 11) is 0. The Labute approximate surface area is 124 Å². The third kappa shape index (κ3) is 3.67. The number of hydrogen-bond acceptors (Lipinski definition) is 3. The molecule has 0 saturated heterocycles. The van der Waals surface area contributed by atoms with E-state index in [0.29, 0.717) is 18.5 Å². The lowest BCUT2D eigenvalue weighted by molar-refractivity contribution is -0.147. The van der Waals surface area contributed by atoms with Crippen molar-refractivity contribution in [1.29, 1.82) is 0 Å². The van der Waals surface area contributed by atoms with Crippen LogP contribution in [0.25, 0.3) is 0 Å². The molecule has 1 aliphatic rings. The Kier molecular flexibility index (Phi) is 4.32. The molecule has 0 fully saturated rings. The minimum Gasteiger partial charge on any atom is -0.325 e. The lowest BCUT2D eigenvalue weighted by Crippen LogP contribution is -2.25. The van der Waals surface area contributed by atoms with Gasteiger partial charge in [-0.3, -0.25) is 4.79 Å². The third-order valence-corrected chi connectivity index (χ3v) is 3.73. The quantitative estimate of drug-likeness (QED) is 0.821. The van der Waals surface area contributed by atoms with E-state index in [0.717, 1.165) is 0 Å². The van der Waals surface area contributed by atoms with Crippen molar-refractivity contribution in [2.45, 2.75) is 25.2 Å². The maximum atomic E-state index is 12.8. The molecule has 0 spiro atoms. The van der Waals surface area contributed by atoms with Gasteiger partial charge in [0.25, 0.3) is 5.91 Å². The molecule has 1 aromatic rings. The summed E-state index contributed by atoms with van der Waals surface area (Å²) in [4.78, 5) is 13.3. The van der Waals surface area contributed by atoms with Crippen molar-refractivity contribution in [2.75, 3.05) is 0 Å². The van der Waals surface area contributed by atoms with Gasteiger partial charge in [-0.05, 0) is 18.9 Å². The number of carbonyl (C=O) groups excluding carboxylic acids is 1. The Morgan fingerprint density at radius 1 is 1.18 bits per heavy atom. The van der Waals surface area contributed by atoms with E-state index in [1.54, 1.807) is 12.2 Å². The highest BCUT2D eigenvalue weighted by molar-refractivity contribution is 7.14. The van der Waals surface area contributed by atoms with Crippen molar-refractivity contribution in [1.82, 2.24) is 10.3 Å². The number of nitrogens with zero attached hydrogens (tertiary/aromatic N) is 1. The fraction of sp³-hybridized carbons (Fsp3) is 0.333. The number of rotatable bonds is 2. The van der Waals surface area contributed by atoms with Crippen LogP contribution in [0.15, 0.2) is 23.9 Å². The molecule has 1 heterocycles. The van der Waals surface area contributed by atoms with E-state index in [4.69, 9.17) is 0 Å². The van der Waals surface area contributed by atoms with Crippen molar-refractivity contribution in [2.24, 2.45) is 0 Å². The summed E-state index contributed by atoms with van der Waals surface area (Å²) in [6, 6.07) is 0. The average Bonchev–Trinajstić information content (AvgIpc) is 2.84. The van der Waals surface area contributed by atoms with Crippen molar-refractivity contribution < 1.29 is 31.1 Å². The molecule has 1 aliphatic carbocycles. The zero-order chi connectivity index (χ0) is 16.5. The van der Waals surface area contributed by atoms with Crippen LogP contribution >= 0.6 is 11.3 Å². The van der Waals surface area contributed by atoms with Crippen molar-refractivity contribution in [3.05, 3.63) is 39.5 Å². The van der Waals surface area contributed by atoms with Crippen LogP contribution in [0.2, 0.25) is 0 Å². The first kappa shape index (κ1) is 16.5. The van der Waals surface area contributed by atoms with Crippen LogP contribution in [0, 0.1) is 0 Å². The van der Waals surface area contributed by atoms with Gasteiger partial charge in [0.1, 0.15) is 4.88 Å². The Balaban J connectivity index is 2.36. The van der Waals surface area contributed by atoms with E-state index in [1.807, 2.05) is 0 Å². The zero-order valence-electron chi connectivity index (χ0n) is 10.7. The summed E-state index contributed by atoms with van der Waals surface area (Å²) in [5, 5.41) is 0.480. The Morgan fingerprint density at radius 3 is 2.36 bits per heavy atom. The second kappa shape index (κ2) is 5.75. The van der Waals surface area contributed by atoms with Crippen LogP contribution in [0.4, 0.5) is 26.3 Å². The van der Waals surface area contributed by atoms with Crippen molar-refractivity contribution in [3.8, 4) is 0 Å². The minimum absolute atomic E-state index is 0.323. The van der Waals surface area contributed by atoms with Crippen molar-refractivity contribution >= 4 is 17.2 Å². The van der Waals surface area contributed by atoms with Gasteiger partial charge < -0.3 is 5.32 Å². The molecule has 1 aromatic heterocycles.